The molecule has 1 aromatic heterocycles. The van der Waals surface area contributed by atoms with Gasteiger partial charge >= 0.3 is 0 Å². The van der Waals surface area contributed by atoms with Crippen LogP contribution < -0.4 is 14.2 Å². The normalized spacial score (nSPS) is 18.7. The number of likely N-dealkylation sites (tertiary alicyclic amines) is 1. The maximum atomic E-state index is 14.0. The van der Waals surface area contributed by atoms with Gasteiger partial charge in [-0.15, -0.1) is 0 Å². The van der Waals surface area contributed by atoms with Gasteiger partial charge in [-0.25, -0.2) is 4.39 Å². The summed E-state index contributed by atoms with van der Waals surface area (Å²) in [6, 6.07) is 14.5. The predicted molar refractivity (Wildman–Crippen MR) is 131 cm³/mol. The van der Waals surface area contributed by atoms with Crippen LogP contribution in [0.5, 0.6) is 17.2 Å². The van der Waals surface area contributed by atoms with Gasteiger partial charge in [-0.1, -0.05) is 18.2 Å². The number of nitrogens with zero attached hydrogens (tertiary/aromatic N) is 3. The Hall–Kier alpha value is -3.10. The molecule has 1 saturated heterocycles. The van der Waals surface area contributed by atoms with Crippen molar-refractivity contribution in [2.24, 2.45) is 0 Å². The Bertz CT molecular complexity index is 1060. The fourth-order valence-electron chi connectivity index (χ4n) is 4.43. The van der Waals surface area contributed by atoms with E-state index in [9.17, 15) is 4.39 Å². The first-order valence-electron chi connectivity index (χ1n) is 12.0. The molecule has 0 unspecified atom stereocenters. The van der Waals surface area contributed by atoms with Crippen LogP contribution in [-0.2, 0) is 17.8 Å². The summed E-state index contributed by atoms with van der Waals surface area (Å²) in [4.78, 5) is 2.42. The molecule has 0 aliphatic carbocycles. The highest BCUT2D eigenvalue weighted by Gasteiger charge is 2.34. The molecule has 188 valence electrons. The van der Waals surface area contributed by atoms with Gasteiger partial charge in [0.25, 0.3) is 0 Å². The van der Waals surface area contributed by atoms with Crippen molar-refractivity contribution in [3.8, 4) is 17.2 Å². The fraction of sp³-hybridized carbons (Fsp3) is 0.444. The Kier molecular flexibility index (Phi) is 8.60. The molecule has 3 aromatic rings. The minimum absolute atomic E-state index is 0.267. The van der Waals surface area contributed by atoms with Gasteiger partial charge in [0.1, 0.15) is 18.8 Å². The Morgan fingerprint density at radius 3 is 2.63 bits per heavy atom. The molecule has 0 amide bonds. The first-order chi connectivity index (χ1) is 17.1. The van der Waals surface area contributed by atoms with Crippen molar-refractivity contribution in [2.75, 3.05) is 40.5 Å². The van der Waals surface area contributed by atoms with E-state index in [1.807, 2.05) is 23.0 Å². The van der Waals surface area contributed by atoms with E-state index in [4.69, 9.17) is 18.9 Å². The second kappa shape index (κ2) is 12.0. The first kappa shape index (κ1) is 25.0. The number of hydrogen-bond acceptors (Lipinski definition) is 6. The van der Waals surface area contributed by atoms with Gasteiger partial charge < -0.3 is 18.9 Å². The average molecular weight is 484 g/mol. The monoisotopic (exact) mass is 483 g/mol. The molecule has 0 radical (unpaired) electrons. The van der Waals surface area contributed by atoms with Crippen LogP contribution in [0.25, 0.3) is 0 Å². The van der Waals surface area contributed by atoms with Crippen molar-refractivity contribution in [3.05, 3.63) is 72.3 Å². The minimum atomic E-state index is -0.433. The second-order valence-electron chi connectivity index (χ2n) is 8.84. The van der Waals surface area contributed by atoms with Gasteiger partial charge in [0.15, 0.2) is 23.1 Å². The number of halogens is 1. The maximum Gasteiger partial charge on any atom is 0.165 e. The first-order valence-corrected chi connectivity index (χ1v) is 12.0. The highest BCUT2D eigenvalue weighted by Crippen LogP contribution is 2.31. The van der Waals surface area contributed by atoms with Crippen molar-refractivity contribution in [3.63, 3.8) is 0 Å². The SMILES string of the molecule is COc1ccc(CN2CCC[C@](COc3ccccc3F)(OC)CC2)cc1OCCn1cccn1. The van der Waals surface area contributed by atoms with Crippen LogP contribution in [0.3, 0.4) is 0 Å². The van der Waals surface area contributed by atoms with E-state index in [0.717, 1.165) is 50.2 Å². The largest absolute Gasteiger partial charge is 0.493 e. The van der Waals surface area contributed by atoms with Crippen LogP contribution in [0.2, 0.25) is 0 Å². The molecule has 8 heteroatoms. The Labute approximate surface area is 206 Å². The molecule has 35 heavy (non-hydrogen) atoms. The second-order valence-corrected chi connectivity index (χ2v) is 8.84. The highest BCUT2D eigenvalue weighted by molar-refractivity contribution is 5.43. The summed E-state index contributed by atoms with van der Waals surface area (Å²) in [5.74, 6) is 1.37. The zero-order valence-electron chi connectivity index (χ0n) is 20.5. The Morgan fingerprint density at radius 1 is 0.971 bits per heavy atom. The maximum absolute atomic E-state index is 14.0. The van der Waals surface area contributed by atoms with E-state index in [1.54, 1.807) is 38.6 Å². The number of aromatic nitrogens is 2. The third-order valence-corrected chi connectivity index (χ3v) is 6.52. The van der Waals surface area contributed by atoms with E-state index in [1.165, 1.54) is 6.07 Å². The molecule has 1 atom stereocenters. The number of benzene rings is 2. The molecule has 0 spiro atoms. The van der Waals surface area contributed by atoms with Crippen molar-refractivity contribution in [2.45, 2.75) is 38.0 Å². The van der Waals surface area contributed by atoms with E-state index in [0.29, 0.717) is 25.5 Å². The summed E-state index contributed by atoms with van der Waals surface area (Å²) < 4.78 is 39.1. The Morgan fingerprint density at radius 2 is 1.86 bits per heavy atom. The predicted octanol–water partition coefficient (Wildman–Crippen LogP) is 4.56. The van der Waals surface area contributed by atoms with Gasteiger partial charge in [-0.05, 0) is 61.7 Å². The molecule has 4 rings (SSSR count). The lowest BCUT2D eigenvalue weighted by Gasteiger charge is -2.31. The number of ether oxygens (including phenoxy) is 4. The van der Waals surface area contributed by atoms with E-state index in [2.05, 4.69) is 22.1 Å². The van der Waals surface area contributed by atoms with E-state index < -0.39 is 5.60 Å². The van der Waals surface area contributed by atoms with Gasteiger partial charge in [0.05, 0.1) is 13.7 Å². The quantitative estimate of drug-likeness (QED) is 0.399. The summed E-state index contributed by atoms with van der Waals surface area (Å²) >= 11 is 0. The smallest absolute Gasteiger partial charge is 0.165 e. The van der Waals surface area contributed by atoms with Crippen molar-refractivity contribution >= 4 is 0 Å². The van der Waals surface area contributed by atoms with Crippen LogP contribution in [0.15, 0.2) is 60.9 Å². The van der Waals surface area contributed by atoms with Crippen LogP contribution in [0, 0.1) is 5.82 Å². The fourth-order valence-corrected chi connectivity index (χ4v) is 4.43. The number of para-hydroxylation sites is 1. The lowest BCUT2D eigenvalue weighted by atomic mass is 9.95. The summed E-state index contributed by atoms with van der Waals surface area (Å²) in [5.41, 5.74) is 0.727. The van der Waals surface area contributed by atoms with Crippen molar-refractivity contribution < 1.29 is 23.3 Å². The molecule has 7 nitrogen and oxygen atoms in total. The van der Waals surface area contributed by atoms with Crippen LogP contribution >= 0.6 is 0 Å². The molecule has 0 bridgehead atoms. The van der Waals surface area contributed by atoms with Gasteiger partial charge in [0.2, 0.25) is 0 Å². The molecule has 0 saturated carbocycles. The minimum Gasteiger partial charge on any atom is -0.493 e. The molecule has 2 heterocycles. The van der Waals surface area contributed by atoms with Crippen LogP contribution in [0.4, 0.5) is 4.39 Å². The highest BCUT2D eigenvalue weighted by atomic mass is 19.1. The lowest BCUT2D eigenvalue weighted by molar-refractivity contribution is -0.0548. The molecular formula is C27H34FN3O4. The van der Waals surface area contributed by atoms with Crippen LogP contribution in [0.1, 0.15) is 24.8 Å². The number of methoxy groups -OCH3 is 2. The summed E-state index contributed by atoms with van der Waals surface area (Å²) in [5, 5.41) is 4.21. The van der Waals surface area contributed by atoms with E-state index >= 15 is 0 Å². The number of rotatable bonds is 11. The Balaban J connectivity index is 1.34. The molecule has 1 aliphatic rings. The summed E-state index contributed by atoms with van der Waals surface area (Å²) in [6.45, 7) is 4.11. The molecule has 2 aromatic carbocycles. The zero-order chi connectivity index (χ0) is 24.5. The summed E-state index contributed by atoms with van der Waals surface area (Å²) in [7, 11) is 3.37. The average Bonchev–Trinajstić information content (AvgIpc) is 3.31. The van der Waals surface area contributed by atoms with Crippen LogP contribution in [-0.4, -0.2) is 60.8 Å². The van der Waals surface area contributed by atoms with E-state index in [-0.39, 0.29) is 11.6 Å². The topological polar surface area (TPSA) is 58.0 Å². The van der Waals surface area contributed by atoms with Crippen molar-refractivity contribution in [1.82, 2.24) is 14.7 Å². The standard InChI is InChI=1S/C27H34FN3O4/c1-32-25-10-9-22(19-26(25)34-18-17-31-15-6-13-29-31)20-30-14-5-11-27(33-2,12-16-30)21-35-24-8-4-3-7-23(24)28/h3-4,6-10,13,15,19H,5,11-12,14,16-18,20-21H2,1-2H3/t27-/m0/s1. The number of hydrogen-bond donors (Lipinski definition) is 0. The third kappa shape index (κ3) is 6.74. The van der Waals surface area contributed by atoms with Gasteiger partial charge in [0, 0.05) is 32.6 Å². The molecular weight excluding hydrogens is 449 g/mol. The van der Waals surface area contributed by atoms with Gasteiger partial charge in [-0.2, -0.15) is 5.10 Å². The van der Waals surface area contributed by atoms with Crippen molar-refractivity contribution in [1.29, 1.82) is 0 Å². The van der Waals surface area contributed by atoms with Gasteiger partial charge in [-0.3, -0.25) is 9.58 Å². The third-order valence-electron chi connectivity index (χ3n) is 6.52. The summed E-state index contributed by atoms with van der Waals surface area (Å²) in [6.07, 6.45) is 6.31. The lowest BCUT2D eigenvalue weighted by Crippen LogP contribution is -2.39. The zero-order valence-corrected chi connectivity index (χ0v) is 20.5. The molecule has 1 fully saturated rings. The molecule has 0 N–H and O–H groups in total. The molecule has 1 aliphatic heterocycles.